The lowest BCUT2D eigenvalue weighted by atomic mass is 9.97. The van der Waals surface area contributed by atoms with E-state index in [4.69, 9.17) is 24.4 Å². The van der Waals surface area contributed by atoms with E-state index in [9.17, 15) is 19.2 Å². The van der Waals surface area contributed by atoms with Crippen LogP contribution < -0.4 is 31.1 Å². The van der Waals surface area contributed by atoms with E-state index in [1.54, 1.807) is 43.3 Å². The number of piperazine rings is 1. The number of ketones is 2. The summed E-state index contributed by atoms with van der Waals surface area (Å²) in [5, 5.41) is 14.9. The van der Waals surface area contributed by atoms with Gasteiger partial charge in [-0.3, -0.25) is 14.9 Å². The molecule has 7 aromatic rings. The van der Waals surface area contributed by atoms with Gasteiger partial charge in [-0.25, -0.2) is 9.59 Å². The highest BCUT2D eigenvalue weighted by molar-refractivity contribution is 6.00. The fourth-order valence-electron chi connectivity index (χ4n) is 9.56. The summed E-state index contributed by atoms with van der Waals surface area (Å²) in [5.41, 5.74) is 17.2. The van der Waals surface area contributed by atoms with Crippen LogP contribution in [0, 0.1) is 0 Å². The van der Waals surface area contributed by atoms with E-state index >= 15 is 0 Å². The Morgan fingerprint density at radius 1 is 0.553 bits per heavy atom. The van der Waals surface area contributed by atoms with Gasteiger partial charge in [0.05, 0.1) is 30.6 Å². The molecule has 76 heavy (non-hydrogen) atoms. The Morgan fingerprint density at radius 2 is 0.987 bits per heavy atom. The second kappa shape index (κ2) is 25.9. The van der Waals surface area contributed by atoms with E-state index in [2.05, 4.69) is 25.3 Å². The number of hydrogen-bond acceptors (Lipinski definition) is 12. The van der Waals surface area contributed by atoms with Gasteiger partial charge in [0.1, 0.15) is 5.60 Å². The maximum atomic E-state index is 13.2. The van der Waals surface area contributed by atoms with Crippen molar-refractivity contribution in [2.75, 3.05) is 78.1 Å². The fraction of sp³-hybridized carbons (Fsp3) is 0.323. The molecule has 14 nitrogen and oxygen atoms in total. The molecule has 0 radical (unpaired) electrons. The molecule has 0 bridgehead atoms. The Labute approximate surface area is 445 Å². The van der Waals surface area contributed by atoms with Gasteiger partial charge >= 0.3 is 12.1 Å². The molecular weight excluding hydrogens is 957 g/mol. The molecule has 2 aromatic heterocycles. The molecular formula is C62H70N6O8. The van der Waals surface area contributed by atoms with Crippen molar-refractivity contribution in [3.8, 4) is 22.3 Å². The molecule has 5 heterocycles. The van der Waals surface area contributed by atoms with Gasteiger partial charge in [0.25, 0.3) is 0 Å². The van der Waals surface area contributed by atoms with Crippen LogP contribution in [-0.2, 0) is 17.6 Å². The number of ether oxygens (including phenoxy) is 1. The van der Waals surface area contributed by atoms with E-state index in [0.29, 0.717) is 28.1 Å². The third kappa shape index (κ3) is 15.3. The van der Waals surface area contributed by atoms with E-state index in [1.807, 2.05) is 124 Å². The Balaban J connectivity index is 0.000000162. The number of anilines is 5. The number of carbonyl (C=O) groups excluding carboxylic acids is 3. The van der Waals surface area contributed by atoms with Gasteiger partial charge in [-0.15, -0.1) is 0 Å². The molecule has 3 aliphatic heterocycles. The van der Waals surface area contributed by atoms with Crippen molar-refractivity contribution < 1.29 is 37.9 Å². The van der Waals surface area contributed by atoms with Crippen molar-refractivity contribution in [2.24, 2.45) is 0 Å². The number of hydrogen-bond donors (Lipinski definition) is 4. The number of amides is 1. The maximum absolute atomic E-state index is 13.2. The molecule has 14 heteroatoms. The number of carbonyl (C=O) groups is 4. The van der Waals surface area contributed by atoms with Gasteiger partial charge in [-0.1, -0.05) is 12.1 Å². The average molecular weight is 1030 g/mol. The number of rotatable bonds is 13. The van der Waals surface area contributed by atoms with Crippen molar-refractivity contribution in [3.63, 3.8) is 0 Å². The molecule has 3 fully saturated rings. The highest BCUT2D eigenvalue weighted by Crippen LogP contribution is 2.30. The first-order chi connectivity index (χ1) is 36.8. The number of nitrogens with zero attached hydrogens (tertiary/aromatic N) is 3. The van der Waals surface area contributed by atoms with Crippen LogP contribution >= 0.6 is 0 Å². The summed E-state index contributed by atoms with van der Waals surface area (Å²) in [6.07, 6.45) is 14.0. The molecule has 0 saturated carbocycles. The van der Waals surface area contributed by atoms with Gasteiger partial charge < -0.3 is 44.4 Å². The minimum atomic E-state index is -0.861. The van der Waals surface area contributed by atoms with Crippen LogP contribution in [0.3, 0.4) is 0 Å². The van der Waals surface area contributed by atoms with Crippen LogP contribution in [-0.4, -0.2) is 86.7 Å². The zero-order valence-electron chi connectivity index (χ0n) is 43.9. The van der Waals surface area contributed by atoms with Crippen LogP contribution in [0.2, 0.25) is 0 Å². The SMILES string of the molecule is CC(C)(C)OC(=O)Nc1ccc(-c2ccoc2)cc1CC(=O)c1ccc(N2CCCCC2)cc1.Nc1ccc(-c2ccoc2)cc1CC(=O)c1ccc(N2CCNCC2)cc1.O=C(O)c1ccc(N2CCCCC2)cc1. The van der Waals surface area contributed by atoms with Crippen LogP contribution in [0.25, 0.3) is 22.3 Å². The highest BCUT2D eigenvalue weighted by atomic mass is 16.6. The molecule has 0 unspecified atom stereocenters. The van der Waals surface area contributed by atoms with E-state index in [1.165, 1.54) is 38.5 Å². The lowest BCUT2D eigenvalue weighted by Gasteiger charge is -2.29. The predicted octanol–water partition coefficient (Wildman–Crippen LogP) is 12.4. The first-order valence-corrected chi connectivity index (χ1v) is 26.4. The molecule has 5 aromatic carbocycles. The second-order valence-corrected chi connectivity index (χ2v) is 20.4. The quantitative estimate of drug-likeness (QED) is 0.0633. The Morgan fingerprint density at radius 3 is 1.43 bits per heavy atom. The molecule has 0 spiro atoms. The first kappa shape index (κ1) is 54.2. The molecule has 3 saturated heterocycles. The second-order valence-electron chi connectivity index (χ2n) is 20.4. The minimum Gasteiger partial charge on any atom is -0.478 e. The van der Waals surface area contributed by atoms with E-state index in [-0.39, 0.29) is 24.4 Å². The number of aromatic carboxylic acids is 1. The number of furan rings is 2. The topological polar surface area (TPSA) is 184 Å². The summed E-state index contributed by atoms with van der Waals surface area (Å²) in [5.74, 6) is -0.806. The molecule has 1 amide bonds. The zero-order valence-corrected chi connectivity index (χ0v) is 43.9. The molecule has 10 rings (SSSR count). The minimum absolute atomic E-state index is 0.0122. The molecule has 396 valence electrons. The first-order valence-electron chi connectivity index (χ1n) is 26.4. The summed E-state index contributed by atoms with van der Waals surface area (Å²) >= 11 is 0. The van der Waals surface area contributed by atoms with Crippen LogP contribution in [0.1, 0.15) is 101 Å². The number of carboxylic acids is 1. The monoisotopic (exact) mass is 1030 g/mol. The van der Waals surface area contributed by atoms with Crippen LogP contribution in [0.5, 0.6) is 0 Å². The van der Waals surface area contributed by atoms with Crippen molar-refractivity contribution >= 4 is 52.1 Å². The lowest BCUT2D eigenvalue weighted by molar-refractivity contribution is 0.0633. The smallest absolute Gasteiger partial charge is 0.412 e. The van der Waals surface area contributed by atoms with Crippen LogP contribution in [0.15, 0.2) is 155 Å². The Bertz CT molecular complexity index is 2980. The van der Waals surface area contributed by atoms with E-state index < -0.39 is 17.7 Å². The molecule has 0 aliphatic carbocycles. The van der Waals surface area contributed by atoms with Gasteiger partial charge in [-0.2, -0.15) is 0 Å². The standard InChI is InChI=1S/C28H32N2O4.C22H23N3O2.C12H15NO2/c1-28(2,3)34-27(32)29-25-12-9-21(22-13-16-33-19-22)17-23(25)18-26(31)20-7-10-24(11-8-20)30-14-5-4-6-15-30;23-21-6-3-17(18-7-12-27-15-18)13-19(21)14-22(26)16-1-4-20(5-2-16)25-10-8-24-9-11-25;14-12(15)10-4-6-11(7-5-10)13-8-2-1-3-9-13/h7-13,16-17,19H,4-6,14-15,18H2,1-3H3,(H,29,32);1-7,12-13,15,24H,8-11,14,23H2;4-7H,1-3,8-9H2,(H,14,15). The van der Waals surface area contributed by atoms with E-state index in [0.717, 1.165) is 103 Å². The molecule has 3 aliphatic rings. The fourth-order valence-corrected chi connectivity index (χ4v) is 9.56. The van der Waals surface area contributed by atoms with Gasteiger partial charge in [-0.05, 0) is 191 Å². The number of benzene rings is 5. The maximum Gasteiger partial charge on any atom is 0.412 e. The normalized spacial score (nSPS) is 14.6. The number of piperidine rings is 2. The number of nitrogen functional groups attached to an aromatic ring is 1. The number of nitrogens with two attached hydrogens (primary N) is 1. The third-order valence-corrected chi connectivity index (χ3v) is 13.7. The van der Waals surface area contributed by atoms with Crippen molar-refractivity contribution in [1.29, 1.82) is 0 Å². The summed E-state index contributed by atoms with van der Waals surface area (Å²) in [4.78, 5) is 56.0. The number of carboxylic acid groups (broad SMARTS) is 1. The summed E-state index contributed by atoms with van der Waals surface area (Å²) in [6.45, 7) is 13.7. The average Bonchev–Trinajstić information content (AvgIpc) is 4.20. The predicted molar refractivity (Wildman–Crippen MR) is 302 cm³/mol. The third-order valence-electron chi connectivity index (χ3n) is 13.7. The van der Waals surface area contributed by atoms with Gasteiger partial charge in [0.15, 0.2) is 11.6 Å². The largest absolute Gasteiger partial charge is 0.478 e. The van der Waals surface area contributed by atoms with Crippen LogP contribution in [0.4, 0.5) is 33.2 Å². The zero-order chi connectivity index (χ0) is 53.4. The summed E-state index contributed by atoms with van der Waals surface area (Å²) < 4.78 is 15.8. The van der Waals surface area contributed by atoms with Crippen molar-refractivity contribution in [3.05, 3.63) is 174 Å². The molecule has 0 atom stereocenters. The van der Waals surface area contributed by atoms with Crippen molar-refractivity contribution in [2.45, 2.75) is 77.7 Å². The molecule has 5 N–H and O–H groups in total. The Hall–Kier alpha value is -8.10. The Kier molecular flexibility index (Phi) is 18.5. The summed E-state index contributed by atoms with van der Waals surface area (Å²) in [7, 11) is 0. The summed E-state index contributed by atoms with van der Waals surface area (Å²) in [6, 6.07) is 38.0. The van der Waals surface area contributed by atoms with Crippen molar-refractivity contribution in [1.82, 2.24) is 5.32 Å². The number of Topliss-reactive ketones (excluding diaryl/α,β-unsaturated/α-hetero) is 2. The van der Waals surface area contributed by atoms with Gasteiger partial charge in [0.2, 0.25) is 0 Å². The number of nitrogens with one attached hydrogen (secondary N) is 2. The van der Waals surface area contributed by atoms with Gasteiger partial charge in [0, 0.05) is 116 Å². The lowest BCUT2D eigenvalue weighted by Crippen LogP contribution is -2.43. The highest BCUT2D eigenvalue weighted by Gasteiger charge is 2.21.